The monoisotopic (exact) mass is 236 g/mol. The molecule has 1 fully saturated rings. The minimum Gasteiger partial charge on any atom is -0.329 e. The van der Waals surface area contributed by atoms with Gasteiger partial charge in [0.1, 0.15) is 5.82 Å². The summed E-state index contributed by atoms with van der Waals surface area (Å²) in [6.07, 6.45) is 2.73. The van der Waals surface area contributed by atoms with Gasteiger partial charge in [0, 0.05) is 12.2 Å². The summed E-state index contributed by atoms with van der Waals surface area (Å²) in [5.74, 6) is -0.308. The largest absolute Gasteiger partial charge is 0.329 e. The predicted molar refractivity (Wildman–Crippen MR) is 65.1 cm³/mol. The summed E-state index contributed by atoms with van der Waals surface area (Å²) in [6.45, 7) is 2.05. The molecule has 3 nitrogen and oxygen atoms in total. The average Bonchev–Trinajstić information content (AvgIpc) is 2.23. The molecule has 0 heterocycles. The second-order valence-electron chi connectivity index (χ2n) is 4.76. The van der Waals surface area contributed by atoms with Crippen molar-refractivity contribution in [1.29, 1.82) is 0 Å². The maximum Gasteiger partial charge on any atom is 0.231 e. The molecule has 1 aromatic rings. The molecule has 0 radical (unpaired) electrons. The minimum absolute atomic E-state index is 0.0442. The SMILES string of the molecule is Cc1cc(NC(=O)C2(CN)CCC2)ccc1F. The van der Waals surface area contributed by atoms with Crippen molar-refractivity contribution in [3.8, 4) is 0 Å². The summed E-state index contributed by atoms with van der Waals surface area (Å²) in [5, 5.41) is 2.82. The first kappa shape index (κ1) is 12.0. The Bertz CT molecular complexity index is 436. The van der Waals surface area contributed by atoms with Crippen LogP contribution in [0.25, 0.3) is 0 Å². The summed E-state index contributed by atoms with van der Waals surface area (Å²) >= 11 is 0. The summed E-state index contributed by atoms with van der Waals surface area (Å²) in [5.41, 5.74) is 6.42. The number of rotatable bonds is 3. The molecule has 2 rings (SSSR count). The summed E-state index contributed by atoms with van der Waals surface area (Å²) in [6, 6.07) is 4.57. The van der Waals surface area contributed by atoms with Crippen LogP contribution in [0.4, 0.5) is 10.1 Å². The molecule has 0 bridgehead atoms. The third-order valence-corrected chi connectivity index (χ3v) is 3.60. The van der Waals surface area contributed by atoms with Gasteiger partial charge in [0.25, 0.3) is 0 Å². The smallest absolute Gasteiger partial charge is 0.231 e. The van der Waals surface area contributed by atoms with Crippen LogP contribution in [-0.4, -0.2) is 12.5 Å². The lowest BCUT2D eigenvalue weighted by Gasteiger charge is -2.39. The number of nitrogens with one attached hydrogen (secondary N) is 1. The van der Waals surface area contributed by atoms with Gasteiger partial charge in [0.15, 0.2) is 0 Å². The van der Waals surface area contributed by atoms with E-state index in [0.717, 1.165) is 19.3 Å². The lowest BCUT2D eigenvalue weighted by atomic mass is 9.68. The average molecular weight is 236 g/mol. The molecule has 92 valence electrons. The zero-order valence-electron chi connectivity index (χ0n) is 9.92. The molecule has 1 saturated carbocycles. The fourth-order valence-electron chi connectivity index (χ4n) is 2.11. The number of nitrogens with two attached hydrogens (primary N) is 1. The van der Waals surface area contributed by atoms with Gasteiger partial charge in [-0.15, -0.1) is 0 Å². The Hall–Kier alpha value is -1.42. The summed E-state index contributed by atoms with van der Waals surface area (Å²) < 4.78 is 13.1. The zero-order chi connectivity index (χ0) is 12.5. The molecule has 17 heavy (non-hydrogen) atoms. The number of hydrogen-bond donors (Lipinski definition) is 2. The van der Waals surface area contributed by atoms with Crippen molar-refractivity contribution in [2.75, 3.05) is 11.9 Å². The molecule has 4 heteroatoms. The Morgan fingerprint density at radius 3 is 2.71 bits per heavy atom. The predicted octanol–water partition coefficient (Wildman–Crippen LogP) is 2.20. The van der Waals surface area contributed by atoms with E-state index in [9.17, 15) is 9.18 Å². The molecule has 0 saturated heterocycles. The van der Waals surface area contributed by atoms with Crippen LogP contribution in [0.2, 0.25) is 0 Å². The van der Waals surface area contributed by atoms with Crippen molar-refractivity contribution in [3.63, 3.8) is 0 Å². The van der Waals surface area contributed by atoms with Crippen LogP contribution in [0.5, 0.6) is 0 Å². The van der Waals surface area contributed by atoms with Crippen molar-refractivity contribution in [2.45, 2.75) is 26.2 Å². The minimum atomic E-state index is -0.401. The van der Waals surface area contributed by atoms with Gasteiger partial charge in [-0.2, -0.15) is 0 Å². The number of halogens is 1. The van der Waals surface area contributed by atoms with E-state index in [0.29, 0.717) is 17.8 Å². The van der Waals surface area contributed by atoms with Crippen LogP contribution in [-0.2, 0) is 4.79 Å². The molecule has 0 aliphatic heterocycles. The Morgan fingerprint density at radius 2 is 2.24 bits per heavy atom. The van der Waals surface area contributed by atoms with Crippen LogP contribution in [0, 0.1) is 18.2 Å². The number of benzene rings is 1. The Labute approximate surface area is 100 Å². The van der Waals surface area contributed by atoms with Crippen molar-refractivity contribution >= 4 is 11.6 Å². The normalized spacial score (nSPS) is 17.4. The van der Waals surface area contributed by atoms with Crippen molar-refractivity contribution < 1.29 is 9.18 Å². The molecule has 0 unspecified atom stereocenters. The first-order valence-electron chi connectivity index (χ1n) is 5.85. The van der Waals surface area contributed by atoms with E-state index in [-0.39, 0.29) is 11.7 Å². The Balaban J connectivity index is 2.10. The number of anilines is 1. The van der Waals surface area contributed by atoms with E-state index in [1.807, 2.05) is 0 Å². The van der Waals surface area contributed by atoms with Gasteiger partial charge < -0.3 is 11.1 Å². The second kappa shape index (κ2) is 4.45. The van der Waals surface area contributed by atoms with Gasteiger partial charge in [0.2, 0.25) is 5.91 Å². The van der Waals surface area contributed by atoms with Gasteiger partial charge in [-0.05, 0) is 43.5 Å². The Kier molecular flexibility index (Phi) is 3.15. The maximum atomic E-state index is 13.1. The van der Waals surface area contributed by atoms with Crippen LogP contribution >= 0.6 is 0 Å². The van der Waals surface area contributed by atoms with E-state index >= 15 is 0 Å². The quantitative estimate of drug-likeness (QED) is 0.845. The highest BCUT2D eigenvalue weighted by atomic mass is 19.1. The standard InChI is InChI=1S/C13H17FN2O/c1-9-7-10(3-4-11(9)14)16-12(17)13(8-15)5-2-6-13/h3-4,7H,2,5-6,8,15H2,1H3,(H,16,17). The van der Waals surface area contributed by atoms with Gasteiger partial charge >= 0.3 is 0 Å². The molecule has 0 atom stereocenters. The third-order valence-electron chi connectivity index (χ3n) is 3.60. The lowest BCUT2D eigenvalue weighted by Crippen LogP contribution is -2.47. The van der Waals surface area contributed by atoms with Gasteiger partial charge in [-0.1, -0.05) is 6.42 Å². The van der Waals surface area contributed by atoms with Crippen LogP contribution < -0.4 is 11.1 Å². The van der Waals surface area contributed by atoms with E-state index in [1.54, 1.807) is 19.1 Å². The molecular formula is C13H17FN2O. The van der Waals surface area contributed by atoms with E-state index in [2.05, 4.69) is 5.32 Å². The van der Waals surface area contributed by atoms with E-state index < -0.39 is 5.41 Å². The highest BCUT2D eigenvalue weighted by Gasteiger charge is 2.42. The van der Waals surface area contributed by atoms with Crippen molar-refractivity contribution in [2.24, 2.45) is 11.1 Å². The van der Waals surface area contributed by atoms with E-state index in [4.69, 9.17) is 5.73 Å². The van der Waals surface area contributed by atoms with Crippen LogP contribution in [0.3, 0.4) is 0 Å². The molecule has 0 spiro atoms. The Morgan fingerprint density at radius 1 is 1.53 bits per heavy atom. The molecule has 3 N–H and O–H groups in total. The van der Waals surface area contributed by atoms with Crippen molar-refractivity contribution in [1.82, 2.24) is 0 Å². The van der Waals surface area contributed by atoms with Crippen LogP contribution in [0.1, 0.15) is 24.8 Å². The number of carbonyl (C=O) groups excluding carboxylic acids is 1. The van der Waals surface area contributed by atoms with Gasteiger partial charge in [-0.25, -0.2) is 4.39 Å². The first-order valence-corrected chi connectivity index (χ1v) is 5.85. The molecular weight excluding hydrogens is 219 g/mol. The van der Waals surface area contributed by atoms with E-state index in [1.165, 1.54) is 6.07 Å². The molecule has 1 aliphatic carbocycles. The second-order valence-corrected chi connectivity index (χ2v) is 4.76. The molecule has 1 amide bonds. The number of hydrogen-bond acceptors (Lipinski definition) is 2. The highest BCUT2D eigenvalue weighted by Crippen LogP contribution is 2.40. The van der Waals surface area contributed by atoms with Gasteiger partial charge in [0.05, 0.1) is 5.41 Å². The summed E-state index contributed by atoms with van der Waals surface area (Å²) in [4.78, 5) is 12.1. The molecule has 1 aliphatic rings. The third kappa shape index (κ3) is 2.17. The van der Waals surface area contributed by atoms with Crippen molar-refractivity contribution in [3.05, 3.63) is 29.6 Å². The topological polar surface area (TPSA) is 55.1 Å². The fraction of sp³-hybridized carbons (Fsp3) is 0.462. The lowest BCUT2D eigenvalue weighted by molar-refractivity contribution is -0.129. The van der Waals surface area contributed by atoms with Gasteiger partial charge in [-0.3, -0.25) is 4.79 Å². The summed E-state index contributed by atoms with van der Waals surface area (Å²) in [7, 11) is 0. The fourth-order valence-corrected chi connectivity index (χ4v) is 2.11. The number of carbonyl (C=O) groups is 1. The van der Waals surface area contributed by atoms with Crippen LogP contribution in [0.15, 0.2) is 18.2 Å². The number of amides is 1. The first-order chi connectivity index (χ1) is 8.07. The highest BCUT2D eigenvalue weighted by molar-refractivity contribution is 5.96. The zero-order valence-corrected chi connectivity index (χ0v) is 9.92. The molecule has 0 aromatic heterocycles. The number of aryl methyl sites for hydroxylation is 1. The maximum absolute atomic E-state index is 13.1. The molecule has 1 aromatic carbocycles.